The lowest BCUT2D eigenvalue weighted by molar-refractivity contribution is -0.121. The second-order valence-electron chi connectivity index (χ2n) is 5.61. The number of imide groups is 1. The molecule has 0 radical (unpaired) electrons. The van der Waals surface area contributed by atoms with Crippen LogP contribution in [-0.2, 0) is 14.4 Å². The smallest absolute Gasteiger partial charge is 0.247 e. The zero-order valence-corrected chi connectivity index (χ0v) is 15.0. The summed E-state index contributed by atoms with van der Waals surface area (Å²) in [7, 11) is 0. The maximum atomic E-state index is 13.1. The largest absolute Gasteiger partial charge is 0.325 e. The minimum absolute atomic E-state index is 0.0171. The van der Waals surface area contributed by atoms with Crippen molar-refractivity contribution in [2.24, 2.45) is 0 Å². The SMILES string of the molecule is O=C(CSC1CC(=O)N(c2cccc(Cl)c2)C1=O)Nc1cccc(F)c1. The van der Waals surface area contributed by atoms with E-state index in [2.05, 4.69) is 5.32 Å². The number of halogens is 2. The molecular weight excluding hydrogens is 379 g/mol. The molecule has 5 nitrogen and oxygen atoms in total. The summed E-state index contributed by atoms with van der Waals surface area (Å²) in [4.78, 5) is 37.8. The molecule has 1 atom stereocenters. The molecule has 0 bridgehead atoms. The van der Waals surface area contributed by atoms with E-state index in [1.807, 2.05) is 0 Å². The van der Waals surface area contributed by atoms with E-state index in [0.29, 0.717) is 16.4 Å². The standard InChI is InChI=1S/C18H14ClFN2O3S/c19-11-3-1-6-14(7-11)22-17(24)9-15(18(22)25)26-10-16(23)21-13-5-2-4-12(20)8-13/h1-8,15H,9-10H2,(H,21,23). The summed E-state index contributed by atoms with van der Waals surface area (Å²) in [5.74, 6) is -1.56. The maximum Gasteiger partial charge on any atom is 0.247 e. The zero-order chi connectivity index (χ0) is 18.7. The van der Waals surface area contributed by atoms with Gasteiger partial charge < -0.3 is 5.32 Å². The van der Waals surface area contributed by atoms with Gasteiger partial charge >= 0.3 is 0 Å². The van der Waals surface area contributed by atoms with Crippen LogP contribution >= 0.6 is 23.4 Å². The summed E-state index contributed by atoms with van der Waals surface area (Å²) in [5, 5.41) is 2.34. The first kappa shape index (κ1) is 18.4. The fourth-order valence-electron chi connectivity index (χ4n) is 2.56. The molecular formula is C18H14ClFN2O3S. The van der Waals surface area contributed by atoms with Crippen LogP contribution in [0, 0.1) is 5.82 Å². The number of carbonyl (C=O) groups excluding carboxylic acids is 3. The second-order valence-corrected chi connectivity index (χ2v) is 7.24. The number of hydrogen-bond acceptors (Lipinski definition) is 4. The quantitative estimate of drug-likeness (QED) is 0.791. The third-order valence-electron chi connectivity index (χ3n) is 3.70. The van der Waals surface area contributed by atoms with Gasteiger partial charge in [0.05, 0.1) is 16.7 Å². The third kappa shape index (κ3) is 4.23. The number of hydrogen-bond donors (Lipinski definition) is 1. The minimum Gasteiger partial charge on any atom is -0.325 e. The van der Waals surface area contributed by atoms with Crippen LogP contribution in [0.25, 0.3) is 0 Å². The lowest BCUT2D eigenvalue weighted by atomic mass is 10.3. The molecule has 1 heterocycles. The van der Waals surface area contributed by atoms with Gasteiger partial charge in [-0.1, -0.05) is 23.7 Å². The van der Waals surface area contributed by atoms with E-state index < -0.39 is 11.1 Å². The van der Waals surface area contributed by atoms with E-state index in [9.17, 15) is 18.8 Å². The molecule has 1 aliphatic rings. The maximum absolute atomic E-state index is 13.1. The van der Waals surface area contributed by atoms with Gasteiger partial charge in [0, 0.05) is 17.1 Å². The normalized spacial score (nSPS) is 16.8. The molecule has 3 amide bonds. The lowest BCUT2D eigenvalue weighted by Crippen LogP contribution is -2.31. The molecule has 1 saturated heterocycles. The monoisotopic (exact) mass is 392 g/mol. The molecule has 0 aromatic heterocycles. The molecule has 1 aliphatic heterocycles. The highest BCUT2D eigenvalue weighted by atomic mass is 35.5. The highest BCUT2D eigenvalue weighted by molar-refractivity contribution is 8.01. The number of anilines is 2. The average molecular weight is 393 g/mol. The Balaban J connectivity index is 1.60. The summed E-state index contributed by atoms with van der Waals surface area (Å²) in [6, 6.07) is 12.0. The molecule has 0 spiro atoms. The summed E-state index contributed by atoms with van der Waals surface area (Å²) >= 11 is 6.99. The van der Waals surface area contributed by atoms with Crippen molar-refractivity contribution in [3.05, 3.63) is 59.4 Å². The highest BCUT2D eigenvalue weighted by Crippen LogP contribution is 2.30. The van der Waals surface area contributed by atoms with Crippen LogP contribution < -0.4 is 10.2 Å². The van der Waals surface area contributed by atoms with Gasteiger partial charge in [0.2, 0.25) is 17.7 Å². The van der Waals surface area contributed by atoms with Crippen molar-refractivity contribution in [2.45, 2.75) is 11.7 Å². The number of amides is 3. The molecule has 3 rings (SSSR count). The van der Waals surface area contributed by atoms with Gasteiger partial charge in [-0.25, -0.2) is 9.29 Å². The van der Waals surface area contributed by atoms with Crippen LogP contribution in [0.4, 0.5) is 15.8 Å². The summed E-state index contributed by atoms with van der Waals surface area (Å²) in [6.07, 6.45) is 0.0171. The number of nitrogens with one attached hydrogen (secondary N) is 1. The molecule has 8 heteroatoms. The van der Waals surface area contributed by atoms with E-state index in [0.717, 1.165) is 16.7 Å². The first-order valence-corrected chi connectivity index (χ1v) is 9.16. The third-order valence-corrected chi connectivity index (χ3v) is 5.13. The number of thioether (sulfide) groups is 1. The van der Waals surface area contributed by atoms with Crippen molar-refractivity contribution >= 4 is 52.5 Å². The van der Waals surface area contributed by atoms with E-state index in [1.165, 1.54) is 18.2 Å². The molecule has 134 valence electrons. The minimum atomic E-state index is -0.639. The van der Waals surface area contributed by atoms with Gasteiger partial charge in [-0.3, -0.25) is 14.4 Å². The van der Waals surface area contributed by atoms with Crippen LogP contribution in [-0.4, -0.2) is 28.7 Å². The number of benzene rings is 2. The van der Waals surface area contributed by atoms with E-state index in [4.69, 9.17) is 11.6 Å². The first-order valence-electron chi connectivity index (χ1n) is 7.73. The van der Waals surface area contributed by atoms with E-state index >= 15 is 0 Å². The van der Waals surface area contributed by atoms with Crippen molar-refractivity contribution in [3.63, 3.8) is 0 Å². The summed E-state index contributed by atoms with van der Waals surface area (Å²) < 4.78 is 13.1. The van der Waals surface area contributed by atoms with Crippen molar-refractivity contribution in [3.8, 4) is 0 Å². The van der Waals surface area contributed by atoms with Crippen LogP contribution in [0.2, 0.25) is 5.02 Å². The molecule has 26 heavy (non-hydrogen) atoms. The van der Waals surface area contributed by atoms with Gasteiger partial charge in [0.15, 0.2) is 0 Å². The van der Waals surface area contributed by atoms with Gasteiger partial charge in [0.1, 0.15) is 5.82 Å². The second kappa shape index (κ2) is 7.88. The number of carbonyl (C=O) groups is 3. The number of rotatable bonds is 5. The van der Waals surface area contributed by atoms with Crippen LogP contribution in [0.15, 0.2) is 48.5 Å². The summed E-state index contributed by atoms with van der Waals surface area (Å²) in [5.41, 5.74) is 0.754. The Hall–Kier alpha value is -2.38. The van der Waals surface area contributed by atoms with Crippen LogP contribution in [0.5, 0.6) is 0 Å². The molecule has 2 aromatic rings. The van der Waals surface area contributed by atoms with Crippen LogP contribution in [0.1, 0.15) is 6.42 Å². The first-order chi connectivity index (χ1) is 12.4. The Morgan fingerprint density at radius 2 is 2.00 bits per heavy atom. The molecule has 0 aliphatic carbocycles. The molecule has 0 saturated carbocycles. The van der Waals surface area contributed by atoms with Gasteiger partial charge in [0.25, 0.3) is 0 Å². The Bertz CT molecular complexity index is 877. The van der Waals surface area contributed by atoms with Crippen molar-refractivity contribution in [2.75, 3.05) is 16.0 Å². The topological polar surface area (TPSA) is 66.5 Å². The van der Waals surface area contributed by atoms with Crippen molar-refractivity contribution in [1.29, 1.82) is 0 Å². The Labute approximate surface area is 158 Å². The van der Waals surface area contributed by atoms with Crippen LogP contribution in [0.3, 0.4) is 0 Å². The Kier molecular flexibility index (Phi) is 5.58. The predicted molar refractivity (Wildman–Crippen MR) is 99.8 cm³/mol. The molecule has 1 unspecified atom stereocenters. The van der Waals surface area contributed by atoms with Gasteiger partial charge in [-0.15, -0.1) is 11.8 Å². The lowest BCUT2D eigenvalue weighted by Gasteiger charge is -2.15. The number of nitrogens with zero attached hydrogens (tertiary/aromatic N) is 1. The zero-order valence-electron chi connectivity index (χ0n) is 13.4. The average Bonchev–Trinajstić information content (AvgIpc) is 2.87. The highest BCUT2D eigenvalue weighted by Gasteiger charge is 2.40. The molecule has 2 aromatic carbocycles. The van der Waals surface area contributed by atoms with Crippen molar-refractivity contribution in [1.82, 2.24) is 0 Å². The molecule has 1 N–H and O–H groups in total. The Morgan fingerprint density at radius 1 is 1.23 bits per heavy atom. The van der Waals surface area contributed by atoms with Crippen molar-refractivity contribution < 1.29 is 18.8 Å². The van der Waals surface area contributed by atoms with E-state index in [1.54, 1.807) is 30.3 Å². The fourth-order valence-corrected chi connectivity index (χ4v) is 3.68. The van der Waals surface area contributed by atoms with Gasteiger partial charge in [-0.05, 0) is 36.4 Å². The summed E-state index contributed by atoms with van der Waals surface area (Å²) in [6.45, 7) is 0. The Morgan fingerprint density at radius 3 is 2.73 bits per heavy atom. The fraction of sp³-hybridized carbons (Fsp3) is 0.167. The van der Waals surface area contributed by atoms with E-state index in [-0.39, 0.29) is 29.9 Å². The molecule has 1 fully saturated rings. The predicted octanol–water partition coefficient (Wildman–Crippen LogP) is 3.48. The van der Waals surface area contributed by atoms with Gasteiger partial charge in [-0.2, -0.15) is 0 Å².